The van der Waals surface area contributed by atoms with Gasteiger partial charge in [-0.1, -0.05) is 24.8 Å². The van der Waals surface area contributed by atoms with Gasteiger partial charge in [0.25, 0.3) is 0 Å². The lowest BCUT2D eigenvalue weighted by Crippen LogP contribution is -2.10. The smallest absolute Gasteiger partial charge is 0.330 e. The number of hydrogen-bond donors (Lipinski definition) is 1. The second-order valence-electron chi connectivity index (χ2n) is 4.03. The van der Waals surface area contributed by atoms with Crippen molar-refractivity contribution in [2.45, 2.75) is 19.3 Å². The van der Waals surface area contributed by atoms with Crippen LogP contribution in [0.25, 0.3) is 0 Å². The third-order valence-electron chi connectivity index (χ3n) is 2.54. The van der Waals surface area contributed by atoms with Crippen LogP contribution in [0.4, 0.5) is 0 Å². The molecule has 0 unspecified atom stereocenters. The Hall–Kier alpha value is -1.50. The van der Waals surface area contributed by atoms with Crippen LogP contribution < -0.4 is 0 Å². The highest BCUT2D eigenvalue weighted by Crippen LogP contribution is 2.14. The number of hydrogen-bond acceptors (Lipinski definition) is 3. The summed E-state index contributed by atoms with van der Waals surface area (Å²) in [6, 6.07) is 7.03. The summed E-state index contributed by atoms with van der Waals surface area (Å²) in [7, 11) is 0. The van der Waals surface area contributed by atoms with Crippen molar-refractivity contribution in [2.75, 3.05) is 0 Å². The van der Waals surface area contributed by atoms with E-state index in [4.69, 9.17) is 5.11 Å². The van der Waals surface area contributed by atoms with Crippen LogP contribution in [0, 0.1) is 3.57 Å². The van der Waals surface area contributed by atoms with E-state index in [-0.39, 0.29) is 36.4 Å². The van der Waals surface area contributed by atoms with E-state index in [9.17, 15) is 14.4 Å². The number of Topliss-reactive ketones (excluding diaryl/α,β-unsaturated/α-hetero) is 2. The summed E-state index contributed by atoms with van der Waals surface area (Å²) in [4.78, 5) is 34.0. The minimum Gasteiger partial charge on any atom is -0.478 e. The van der Waals surface area contributed by atoms with Crippen molar-refractivity contribution in [3.63, 3.8) is 0 Å². The average molecular weight is 372 g/mol. The van der Waals surface area contributed by atoms with Crippen LogP contribution in [0.1, 0.15) is 29.6 Å². The van der Waals surface area contributed by atoms with Crippen molar-refractivity contribution in [3.8, 4) is 0 Å². The second-order valence-corrected chi connectivity index (χ2v) is 5.19. The molecule has 0 saturated heterocycles. The number of benzene rings is 1. The van der Waals surface area contributed by atoms with Crippen LogP contribution in [0.2, 0.25) is 0 Å². The molecule has 0 heterocycles. The Morgan fingerprint density at radius 3 is 2.37 bits per heavy atom. The molecule has 1 rings (SSSR count). The van der Waals surface area contributed by atoms with Crippen molar-refractivity contribution in [1.29, 1.82) is 0 Å². The third kappa shape index (κ3) is 4.94. The van der Waals surface area contributed by atoms with Gasteiger partial charge < -0.3 is 5.11 Å². The van der Waals surface area contributed by atoms with Gasteiger partial charge in [-0.25, -0.2) is 4.79 Å². The quantitative estimate of drug-likeness (QED) is 0.346. The van der Waals surface area contributed by atoms with E-state index >= 15 is 0 Å². The minimum absolute atomic E-state index is 0.0184. The van der Waals surface area contributed by atoms with Crippen molar-refractivity contribution in [1.82, 2.24) is 0 Å². The lowest BCUT2D eigenvalue weighted by molar-refractivity contribution is -0.132. The highest BCUT2D eigenvalue weighted by atomic mass is 127. The Kier molecular flexibility index (Phi) is 5.88. The van der Waals surface area contributed by atoms with Gasteiger partial charge in [-0.15, -0.1) is 0 Å². The molecule has 0 aromatic heterocycles. The number of halogens is 1. The molecule has 5 heteroatoms. The van der Waals surface area contributed by atoms with Crippen molar-refractivity contribution in [3.05, 3.63) is 45.6 Å². The fraction of sp³-hybridized carbons (Fsp3) is 0.214. The molecule has 0 bridgehead atoms. The van der Waals surface area contributed by atoms with Crippen LogP contribution in [-0.4, -0.2) is 22.6 Å². The molecule has 0 saturated carbocycles. The first-order chi connectivity index (χ1) is 8.91. The van der Waals surface area contributed by atoms with E-state index in [2.05, 4.69) is 6.58 Å². The minimum atomic E-state index is -1.11. The average Bonchev–Trinajstić information content (AvgIpc) is 2.36. The van der Waals surface area contributed by atoms with Gasteiger partial charge in [-0.2, -0.15) is 0 Å². The summed E-state index contributed by atoms with van der Waals surface area (Å²) >= 11 is 2.04. The fourth-order valence-corrected chi connectivity index (χ4v) is 2.14. The largest absolute Gasteiger partial charge is 0.478 e. The Labute approximate surface area is 124 Å². The molecule has 0 aliphatic heterocycles. The zero-order valence-corrected chi connectivity index (χ0v) is 12.3. The number of carboxylic acids is 1. The standard InChI is InChI=1S/C14H13IO4/c1-9(14(18)19)6-7-10(16)8-13(17)11-4-2-3-5-12(11)15/h2-5H,1,6-8H2,(H,18,19). The monoisotopic (exact) mass is 372 g/mol. The van der Waals surface area contributed by atoms with E-state index in [0.29, 0.717) is 5.56 Å². The number of rotatable bonds is 7. The predicted octanol–water partition coefficient (Wildman–Crippen LogP) is 2.85. The van der Waals surface area contributed by atoms with Gasteiger partial charge in [0, 0.05) is 21.1 Å². The number of carbonyl (C=O) groups excluding carboxylic acids is 2. The molecule has 1 N–H and O–H groups in total. The molecule has 0 fully saturated rings. The Morgan fingerprint density at radius 1 is 1.16 bits per heavy atom. The summed E-state index contributed by atoms with van der Waals surface area (Å²) in [6.45, 7) is 3.34. The van der Waals surface area contributed by atoms with Gasteiger partial charge in [0.2, 0.25) is 0 Å². The SMILES string of the molecule is C=C(CCC(=O)CC(=O)c1ccccc1I)C(=O)O. The molecule has 100 valence electrons. The van der Waals surface area contributed by atoms with Crippen LogP contribution in [0.5, 0.6) is 0 Å². The Balaban J connectivity index is 2.54. The first-order valence-electron chi connectivity index (χ1n) is 5.62. The van der Waals surface area contributed by atoms with E-state index in [1.165, 1.54) is 0 Å². The maximum atomic E-state index is 11.9. The molecule has 0 spiro atoms. The first kappa shape index (κ1) is 15.6. The maximum Gasteiger partial charge on any atom is 0.330 e. The van der Waals surface area contributed by atoms with E-state index in [1.54, 1.807) is 18.2 Å². The zero-order valence-electron chi connectivity index (χ0n) is 10.2. The summed E-state index contributed by atoms with van der Waals surface area (Å²) in [6.07, 6.45) is -0.0967. The molecule has 4 nitrogen and oxygen atoms in total. The van der Waals surface area contributed by atoms with E-state index < -0.39 is 5.97 Å². The van der Waals surface area contributed by atoms with E-state index in [0.717, 1.165) is 3.57 Å². The van der Waals surface area contributed by atoms with Gasteiger partial charge >= 0.3 is 5.97 Å². The zero-order chi connectivity index (χ0) is 14.4. The van der Waals surface area contributed by atoms with Gasteiger partial charge in [-0.3, -0.25) is 9.59 Å². The molecule has 19 heavy (non-hydrogen) atoms. The molecule has 0 aliphatic rings. The molecule has 0 aliphatic carbocycles. The normalized spacial score (nSPS) is 9.95. The third-order valence-corrected chi connectivity index (χ3v) is 3.48. The summed E-state index contributed by atoms with van der Waals surface area (Å²) in [5, 5.41) is 8.61. The predicted molar refractivity (Wildman–Crippen MR) is 79.1 cm³/mol. The van der Waals surface area contributed by atoms with Crippen LogP contribution in [0.3, 0.4) is 0 Å². The van der Waals surface area contributed by atoms with Crippen LogP contribution >= 0.6 is 22.6 Å². The molecule has 0 atom stereocenters. The molecule has 0 amide bonds. The van der Waals surface area contributed by atoms with Gasteiger partial charge in [0.15, 0.2) is 5.78 Å². The molecule has 1 aromatic rings. The molecule has 1 aromatic carbocycles. The van der Waals surface area contributed by atoms with Gasteiger partial charge in [-0.05, 0) is 35.1 Å². The highest BCUT2D eigenvalue weighted by Gasteiger charge is 2.15. The number of carboxylic acid groups (broad SMARTS) is 1. The lowest BCUT2D eigenvalue weighted by Gasteiger charge is -2.03. The van der Waals surface area contributed by atoms with Gasteiger partial charge in [0.05, 0.1) is 6.42 Å². The highest BCUT2D eigenvalue weighted by molar-refractivity contribution is 14.1. The Morgan fingerprint density at radius 2 is 1.79 bits per heavy atom. The lowest BCUT2D eigenvalue weighted by atomic mass is 10.0. The number of ketones is 2. The number of carbonyl (C=O) groups is 3. The van der Waals surface area contributed by atoms with E-state index in [1.807, 2.05) is 28.7 Å². The molecular formula is C14H13IO4. The summed E-state index contributed by atoms with van der Waals surface area (Å²) in [5.74, 6) is -1.63. The van der Waals surface area contributed by atoms with Crippen molar-refractivity contribution in [2.24, 2.45) is 0 Å². The Bertz CT molecular complexity index is 534. The van der Waals surface area contributed by atoms with Gasteiger partial charge in [0.1, 0.15) is 5.78 Å². The topological polar surface area (TPSA) is 71.4 Å². The number of aliphatic carboxylic acids is 1. The maximum absolute atomic E-state index is 11.9. The van der Waals surface area contributed by atoms with Crippen molar-refractivity contribution >= 4 is 40.1 Å². The second kappa shape index (κ2) is 7.18. The van der Waals surface area contributed by atoms with Crippen LogP contribution in [-0.2, 0) is 9.59 Å². The summed E-state index contributed by atoms with van der Waals surface area (Å²) in [5.41, 5.74) is 0.503. The first-order valence-corrected chi connectivity index (χ1v) is 6.70. The van der Waals surface area contributed by atoms with Crippen LogP contribution in [0.15, 0.2) is 36.4 Å². The fourth-order valence-electron chi connectivity index (χ4n) is 1.45. The van der Waals surface area contributed by atoms with Crippen molar-refractivity contribution < 1.29 is 19.5 Å². The molecule has 0 radical (unpaired) electrons. The summed E-state index contributed by atoms with van der Waals surface area (Å²) < 4.78 is 0.799. The molecular weight excluding hydrogens is 359 g/mol.